The van der Waals surface area contributed by atoms with Crippen molar-refractivity contribution >= 4 is 16.9 Å². The topological polar surface area (TPSA) is 84.4 Å². The van der Waals surface area contributed by atoms with E-state index in [2.05, 4.69) is 27.3 Å². The first-order valence-corrected chi connectivity index (χ1v) is 9.43. The molecule has 27 heavy (non-hydrogen) atoms. The second kappa shape index (κ2) is 7.15. The standard InChI is InChI=1S/C20H24N4O3/c1-4-24-10-6-8-14(24)11-21-18(25)20-23-22-19(27-20)17-13(3)15-9-5-7-12(2)16(15)26-17/h5,7,9,14H,4,6,8,10-11H2,1-3H3,(H,21,25)/t14-/m0/s1. The van der Waals surface area contributed by atoms with E-state index in [9.17, 15) is 4.79 Å². The normalized spacial score (nSPS) is 17.7. The number of benzene rings is 1. The smallest absolute Gasteiger partial charge is 0.308 e. The summed E-state index contributed by atoms with van der Waals surface area (Å²) in [5.41, 5.74) is 2.76. The van der Waals surface area contributed by atoms with Crippen LogP contribution in [0.5, 0.6) is 0 Å². The fourth-order valence-electron chi connectivity index (χ4n) is 3.82. The van der Waals surface area contributed by atoms with Crippen LogP contribution in [0.4, 0.5) is 0 Å². The molecule has 1 aromatic carbocycles. The van der Waals surface area contributed by atoms with Crippen molar-refractivity contribution in [1.29, 1.82) is 0 Å². The molecule has 1 amide bonds. The van der Waals surface area contributed by atoms with Gasteiger partial charge in [0.1, 0.15) is 5.58 Å². The third-order valence-corrected chi connectivity index (χ3v) is 5.38. The molecule has 0 radical (unpaired) electrons. The van der Waals surface area contributed by atoms with Gasteiger partial charge in [0.15, 0.2) is 5.76 Å². The number of carbonyl (C=O) groups is 1. The summed E-state index contributed by atoms with van der Waals surface area (Å²) in [6, 6.07) is 6.35. The largest absolute Gasteiger partial charge is 0.450 e. The summed E-state index contributed by atoms with van der Waals surface area (Å²) >= 11 is 0. The summed E-state index contributed by atoms with van der Waals surface area (Å²) in [6.07, 6.45) is 2.27. The van der Waals surface area contributed by atoms with Crippen LogP contribution in [0.25, 0.3) is 22.6 Å². The average Bonchev–Trinajstić information content (AvgIpc) is 3.39. The maximum atomic E-state index is 12.4. The summed E-state index contributed by atoms with van der Waals surface area (Å²) in [4.78, 5) is 14.8. The Morgan fingerprint density at radius 1 is 1.30 bits per heavy atom. The van der Waals surface area contributed by atoms with E-state index in [4.69, 9.17) is 8.83 Å². The summed E-state index contributed by atoms with van der Waals surface area (Å²) in [5, 5.41) is 11.9. The second-order valence-corrected chi connectivity index (χ2v) is 7.05. The third kappa shape index (κ3) is 3.23. The number of fused-ring (bicyclic) bond motifs is 1. The SMILES string of the molecule is CCN1CCC[C@H]1CNC(=O)c1nnc(-c2oc3c(C)cccc3c2C)o1. The fourth-order valence-corrected chi connectivity index (χ4v) is 3.82. The molecule has 0 aliphatic carbocycles. The Morgan fingerprint density at radius 2 is 2.15 bits per heavy atom. The van der Waals surface area contributed by atoms with E-state index in [-0.39, 0.29) is 17.7 Å². The Kier molecular flexibility index (Phi) is 4.70. The van der Waals surface area contributed by atoms with E-state index >= 15 is 0 Å². The number of carbonyl (C=O) groups excluding carboxylic acids is 1. The molecule has 142 valence electrons. The highest BCUT2D eigenvalue weighted by molar-refractivity contribution is 5.90. The van der Waals surface area contributed by atoms with Crippen LogP contribution in [0.3, 0.4) is 0 Å². The van der Waals surface area contributed by atoms with Crippen molar-refractivity contribution in [2.75, 3.05) is 19.6 Å². The molecule has 0 spiro atoms. The maximum absolute atomic E-state index is 12.4. The molecule has 1 aliphatic rings. The number of aryl methyl sites for hydroxylation is 2. The molecule has 3 heterocycles. The van der Waals surface area contributed by atoms with E-state index in [1.54, 1.807) is 0 Å². The molecular weight excluding hydrogens is 344 g/mol. The Hall–Kier alpha value is -2.67. The van der Waals surface area contributed by atoms with Crippen LogP contribution in [0, 0.1) is 13.8 Å². The minimum atomic E-state index is -0.346. The van der Waals surface area contributed by atoms with Gasteiger partial charge in [-0.1, -0.05) is 25.1 Å². The molecule has 7 heteroatoms. The van der Waals surface area contributed by atoms with Gasteiger partial charge in [-0.15, -0.1) is 10.2 Å². The Morgan fingerprint density at radius 3 is 2.93 bits per heavy atom. The van der Waals surface area contributed by atoms with Crippen molar-refractivity contribution in [2.45, 2.75) is 39.7 Å². The quantitative estimate of drug-likeness (QED) is 0.744. The number of para-hydroxylation sites is 1. The Labute approximate surface area is 157 Å². The van der Waals surface area contributed by atoms with Crippen LogP contribution >= 0.6 is 0 Å². The average molecular weight is 368 g/mol. The lowest BCUT2D eigenvalue weighted by Gasteiger charge is -2.22. The van der Waals surface area contributed by atoms with E-state index in [1.165, 1.54) is 6.42 Å². The molecule has 4 rings (SSSR count). The van der Waals surface area contributed by atoms with Gasteiger partial charge in [0.05, 0.1) is 0 Å². The zero-order chi connectivity index (χ0) is 19.0. The molecule has 7 nitrogen and oxygen atoms in total. The first-order chi connectivity index (χ1) is 13.1. The molecule has 1 aliphatic heterocycles. The van der Waals surface area contributed by atoms with Crippen LogP contribution in [-0.2, 0) is 0 Å². The van der Waals surface area contributed by atoms with E-state index in [0.29, 0.717) is 18.3 Å². The first kappa shape index (κ1) is 17.7. The Balaban J connectivity index is 1.51. The fraction of sp³-hybridized carbons (Fsp3) is 0.450. The summed E-state index contributed by atoms with van der Waals surface area (Å²) in [7, 11) is 0. The molecule has 1 atom stereocenters. The molecule has 1 N–H and O–H groups in total. The number of hydrogen-bond donors (Lipinski definition) is 1. The van der Waals surface area contributed by atoms with Gasteiger partial charge in [0, 0.05) is 23.5 Å². The van der Waals surface area contributed by atoms with Gasteiger partial charge in [0.25, 0.3) is 5.89 Å². The summed E-state index contributed by atoms with van der Waals surface area (Å²) < 4.78 is 11.6. The maximum Gasteiger partial charge on any atom is 0.308 e. The number of likely N-dealkylation sites (tertiary alicyclic amines) is 1. The number of furan rings is 1. The third-order valence-electron chi connectivity index (χ3n) is 5.38. The molecule has 3 aromatic rings. The number of aromatic nitrogens is 2. The van der Waals surface area contributed by atoms with Crippen molar-refractivity contribution in [1.82, 2.24) is 20.4 Å². The lowest BCUT2D eigenvalue weighted by molar-refractivity contribution is 0.0907. The van der Waals surface area contributed by atoms with Gasteiger partial charge >= 0.3 is 11.8 Å². The number of nitrogens with zero attached hydrogens (tertiary/aromatic N) is 3. The van der Waals surface area contributed by atoms with Crippen LogP contribution in [-0.4, -0.2) is 46.7 Å². The van der Waals surface area contributed by atoms with Crippen molar-refractivity contribution in [3.05, 3.63) is 35.2 Å². The van der Waals surface area contributed by atoms with Crippen molar-refractivity contribution < 1.29 is 13.6 Å². The predicted octanol–water partition coefficient (Wildman–Crippen LogP) is 3.31. The van der Waals surface area contributed by atoms with Crippen LogP contribution < -0.4 is 5.32 Å². The van der Waals surface area contributed by atoms with Crippen molar-refractivity contribution in [3.8, 4) is 11.7 Å². The Bertz CT molecular complexity index is 975. The summed E-state index contributed by atoms with van der Waals surface area (Å²) in [6.45, 7) is 8.76. The van der Waals surface area contributed by atoms with Crippen molar-refractivity contribution in [3.63, 3.8) is 0 Å². The van der Waals surface area contributed by atoms with Gasteiger partial charge in [-0.2, -0.15) is 0 Å². The van der Waals surface area contributed by atoms with E-state index < -0.39 is 0 Å². The van der Waals surface area contributed by atoms with Crippen molar-refractivity contribution in [2.24, 2.45) is 0 Å². The van der Waals surface area contributed by atoms with Gasteiger partial charge in [-0.05, 0) is 45.3 Å². The predicted molar refractivity (Wildman–Crippen MR) is 102 cm³/mol. The minimum absolute atomic E-state index is 0.0392. The van der Waals surface area contributed by atoms with Gasteiger partial charge in [-0.25, -0.2) is 0 Å². The second-order valence-electron chi connectivity index (χ2n) is 7.05. The lowest BCUT2D eigenvalue weighted by atomic mass is 10.1. The number of rotatable bonds is 5. The highest BCUT2D eigenvalue weighted by atomic mass is 16.4. The van der Waals surface area contributed by atoms with Crippen LogP contribution in [0.1, 0.15) is 41.6 Å². The van der Waals surface area contributed by atoms with Gasteiger partial charge < -0.3 is 14.2 Å². The first-order valence-electron chi connectivity index (χ1n) is 9.43. The highest BCUT2D eigenvalue weighted by Gasteiger charge is 2.25. The van der Waals surface area contributed by atoms with Gasteiger partial charge in [-0.3, -0.25) is 9.69 Å². The molecule has 0 bridgehead atoms. The van der Waals surface area contributed by atoms with E-state index in [0.717, 1.165) is 41.6 Å². The van der Waals surface area contributed by atoms with Crippen LogP contribution in [0.15, 0.2) is 27.0 Å². The molecule has 1 fully saturated rings. The molecule has 0 unspecified atom stereocenters. The number of nitrogens with one attached hydrogen (secondary N) is 1. The highest BCUT2D eigenvalue weighted by Crippen LogP contribution is 2.33. The number of hydrogen-bond acceptors (Lipinski definition) is 6. The molecule has 1 saturated heterocycles. The minimum Gasteiger partial charge on any atom is -0.450 e. The molecular formula is C20H24N4O3. The zero-order valence-corrected chi connectivity index (χ0v) is 15.9. The lowest BCUT2D eigenvalue weighted by Crippen LogP contribution is -2.40. The number of amides is 1. The monoisotopic (exact) mass is 368 g/mol. The molecule has 2 aromatic heterocycles. The van der Waals surface area contributed by atoms with Gasteiger partial charge in [0.2, 0.25) is 0 Å². The summed E-state index contributed by atoms with van der Waals surface area (Å²) in [5.74, 6) is 0.354. The van der Waals surface area contributed by atoms with Crippen LogP contribution in [0.2, 0.25) is 0 Å². The zero-order valence-electron chi connectivity index (χ0n) is 15.9. The molecule has 0 saturated carbocycles. The number of likely N-dealkylation sites (N-methyl/N-ethyl adjacent to an activating group) is 1. The van der Waals surface area contributed by atoms with E-state index in [1.807, 2.05) is 32.0 Å².